The molecule has 0 atom stereocenters. The highest BCUT2D eigenvalue weighted by molar-refractivity contribution is 5.57. The van der Waals surface area contributed by atoms with Crippen molar-refractivity contribution in [1.29, 1.82) is 0 Å². The Hall–Kier alpha value is -3.43. The van der Waals surface area contributed by atoms with E-state index in [9.17, 15) is 17.6 Å². The molecular weight excluding hydrogens is 376 g/mol. The smallest absolute Gasteiger partial charge is 0.357 e. The lowest BCUT2D eigenvalue weighted by atomic mass is 10.2. The summed E-state index contributed by atoms with van der Waals surface area (Å²) in [6, 6.07) is 10.6. The van der Waals surface area contributed by atoms with Crippen molar-refractivity contribution in [2.75, 3.05) is 23.0 Å². The average Bonchev–Trinajstić information content (AvgIpc) is 2.67. The van der Waals surface area contributed by atoms with E-state index in [0.717, 1.165) is 17.7 Å². The van der Waals surface area contributed by atoms with Crippen molar-refractivity contribution < 1.29 is 17.6 Å². The molecule has 3 rings (SSSR count). The summed E-state index contributed by atoms with van der Waals surface area (Å²) >= 11 is 0. The number of halogens is 4. The molecule has 1 heterocycles. The molecule has 0 saturated heterocycles. The zero-order valence-corrected chi connectivity index (χ0v) is 14.7. The Labute approximate surface area is 158 Å². The van der Waals surface area contributed by atoms with E-state index in [1.54, 1.807) is 19.2 Å². The summed E-state index contributed by atoms with van der Waals surface area (Å²) in [6.07, 6.45) is -4.45. The molecule has 0 fully saturated rings. The predicted octanol–water partition coefficient (Wildman–Crippen LogP) is 4.43. The molecular formula is C18H16F4N6. The van der Waals surface area contributed by atoms with E-state index in [-0.39, 0.29) is 29.3 Å². The first-order chi connectivity index (χ1) is 13.3. The second-order valence-electron chi connectivity index (χ2n) is 5.74. The van der Waals surface area contributed by atoms with Crippen molar-refractivity contribution in [3.05, 3.63) is 65.5 Å². The molecule has 0 amide bonds. The highest BCUT2D eigenvalue weighted by Gasteiger charge is 2.30. The van der Waals surface area contributed by atoms with Gasteiger partial charge in [0.1, 0.15) is 5.82 Å². The van der Waals surface area contributed by atoms with Crippen LogP contribution in [0, 0.1) is 5.82 Å². The van der Waals surface area contributed by atoms with Gasteiger partial charge in [0.05, 0.1) is 5.56 Å². The van der Waals surface area contributed by atoms with Crippen LogP contribution in [-0.4, -0.2) is 22.0 Å². The molecule has 0 spiro atoms. The molecule has 3 N–H and O–H groups in total. The first kappa shape index (κ1) is 19.3. The Morgan fingerprint density at radius 3 is 2.25 bits per heavy atom. The van der Waals surface area contributed by atoms with Gasteiger partial charge in [-0.15, -0.1) is 0 Å². The maximum Gasteiger partial charge on any atom is 0.416 e. The van der Waals surface area contributed by atoms with Crippen LogP contribution in [0.15, 0.2) is 48.5 Å². The number of alkyl halides is 3. The zero-order chi connectivity index (χ0) is 20.1. The van der Waals surface area contributed by atoms with Gasteiger partial charge in [-0.25, -0.2) is 4.39 Å². The van der Waals surface area contributed by atoms with Crippen molar-refractivity contribution in [2.24, 2.45) is 0 Å². The van der Waals surface area contributed by atoms with E-state index in [1.807, 2.05) is 0 Å². The normalized spacial score (nSPS) is 11.2. The second kappa shape index (κ2) is 8.07. The van der Waals surface area contributed by atoms with E-state index >= 15 is 0 Å². The van der Waals surface area contributed by atoms with Crippen LogP contribution >= 0.6 is 0 Å². The second-order valence-corrected chi connectivity index (χ2v) is 5.74. The van der Waals surface area contributed by atoms with Crippen molar-refractivity contribution in [1.82, 2.24) is 15.0 Å². The lowest BCUT2D eigenvalue weighted by Crippen LogP contribution is -2.10. The summed E-state index contributed by atoms with van der Waals surface area (Å²) in [4.78, 5) is 12.4. The molecule has 1 aromatic heterocycles. The van der Waals surface area contributed by atoms with Gasteiger partial charge in [0.25, 0.3) is 0 Å². The summed E-state index contributed by atoms with van der Waals surface area (Å²) in [5.41, 5.74) is 0.211. The van der Waals surface area contributed by atoms with E-state index in [4.69, 9.17) is 0 Å². The van der Waals surface area contributed by atoms with Gasteiger partial charge in [0, 0.05) is 19.3 Å². The van der Waals surface area contributed by atoms with E-state index in [0.29, 0.717) is 6.54 Å². The van der Waals surface area contributed by atoms with Crippen molar-refractivity contribution >= 4 is 23.5 Å². The fourth-order valence-corrected chi connectivity index (χ4v) is 2.31. The Morgan fingerprint density at radius 1 is 0.893 bits per heavy atom. The molecule has 0 aliphatic rings. The molecule has 2 aromatic carbocycles. The van der Waals surface area contributed by atoms with Crippen LogP contribution in [0.25, 0.3) is 0 Å². The van der Waals surface area contributed by atoms with Crippen LogP contribution in [0.1, 0.15) is 11.1 Å². The van der Waals surface area contributed by atoms with Gasteiger partial charge in [-0.3, -0.25) is 0 Å². The first-order valence-corrected chi connectivity index (χ1v) is 8.20. The Kier molecular flexibility index (Phi) is 5.57. The predicted molar refractivity (Wildman–Crippen MR) is 97.8 cm³/mol. The number of nitrogens with one attached hydrogen (secondary N) is 3. The minimum atomic E-state index is -4.45. The quantitative estimate of drug-likeness (QED) is 0.539. The van der Waals surface area contributed by atoms with Crippen molar-refractivity contribution in [3.8, 4) is 0 Å². The lowest BCUT2D eigenvalue weighted by Gasteiger charge is -2.12. The summed E-state index contributed by atoms with van der Waals surface area (Å²) in [5, 5.41) is 8.48. The number of hydrogen-bond donors (Lipinski definition) is 3. The number of rotatable bonds is 6. The third-order valence-electron chi connectivity index (χ3n) is 3.67. The van der Waals surface area contributed by atoms with Crippen LogP contribution in [0.3, 0.4) is 0 Å². The van der Waals surface area contributed by atoms with Gasteiger partial charge >= 0.3 is 6.18 Å². The highest BCUT2D eigenvalue weighted by Crippen LogP contribution is 2.31. The maximum atomic E-state index is 13.0. The largest absolute Gasteiger partial charge is 0.416 e. The summed E-state index contributed by atoms with van der Waals surface area (Å²) in [6.45, 7) is 0.330. The third-order valence-corrected chi connectivity index (χ3v) is 3.67. The maximum absolute atomic E-state index is 13.0. The molecule has 0 radical (unpaired) electrons. The molecule has 0 unspecified atom stereocenters. The van der Waals surface area contributed by atoms with Crippen LogP contribution in [0.2, 0.25) is 0 Å². The standard InChI is InChI=1S/C18H16F4N6/c1-23-15-26-16(24-10-11-5-7-13(19)8-6-11)28-17(27-15)25-14-4-2-3-12(9-14)18(20,21)22/h2-9H,10H2,1H3,(H3,23,24,25,26,27,28). The highest BCUT2D eigenvalue weighted by atomic mass is 19.4. The molecule has 0 aliphatic heterocycles. The van der Waals surface area contributed by atoms with Crippen LogP contribution in [0.5, 0.6) is 0 Å². The number of nitrogens with zero attached hydrogens (tertiary/aromatic N) is 3. The number of aromatic nitrogens is 3. The molecule has 0 saturated carbocycles. The van der Waals surface area contributed by atoms with Crippen molar-refractivity contribution in [2.45, 2.75) is 12.7 Å². The minimum Gasteiger partial charge on any atom is -0.357 e. The summed E-state index contributed by atoms with van der Waals surface area (Å²) in [5.74, 6) is 0.165. The summed E-state index contributed by atoms with van der Waals surface area (Å²) < 4.78 is 51.6. The van der Waals surface area contributed by atoms with E-state index in [2.05, 4.69) is 30.9 Å². The fourth-order valence-electron chi connectivity index (χ4n) is 2.31. The van der Waals surface area contributed by atoms with Gasteiger partial charge in [-0.2, -0.15) is 28.1 Å². The lowest BCUT2D eigenvalue weighted by molar-refractivity contribution is -0.137. The average molecular weight is 392 g/mol. The molecule has 0 aliphatic carbocycles. The molecule has 28 heavy (non-hydrogen) atoms. The molecule has 6 nitrogen and oxygen atoms in total. The van der Waals surface area contributed by atoms with Crippen molar-refractivity contribution in [3.63, 3.8) is 0 Å². The molecule has 10 heteroatoms. The SMILES string of the molecule is CNc1nc(NCc2ccc(F)cc2)nc(Nc2cccc(C(F)(F)F)c2)n1. The van der Waals surface area contributed by atoms with Crippen LogP contribution < -0.4 is 16.0 Å². The van der Waals surface area contributed by atoms with Crippen LogP contribution in [0.4, 0.5) is 41.1 Å². The number of hydrogen-bond acceptors (Lipinski definition) is 6. The third kappa shape index (κ3) is 5.06. The van der Waals surface area contributed by atoms with Gasteiger partial charge < -0.3 is 16.0 Å². The molecule has 0 bridgehead atoms. The van der Waals surface area contributed by atoms with E-state index < -0.39 is 11.7 Å². The Bertz CT molecular complexity index is 944. The number of anilines is 4. The van der Waals surface area contributed by atoms with Gasteiger partial charge in [0.2, 0.25) is 17.8 Å². The minimum absolute atomic E-state index is 0.0697. The number of benzene rings is 2. The van der Waals surface area contributed by atoms with Gasteiger partial charge in [0.15, 0.2) is 0 Å². The topological polar surface area (TPSA) is 74.8 Å². The van der Waals surface area contributed by atoms with Gasteiger partial charge in [-0.05, 0) is 35.9 Å². The van der Waals surface area contributed by atoms with Crippen LogP contribution in [-0.2, 0) is 12.7 Å². The zero-order valence-electron chi connectivity index (χ0n) is 14.7. The fraction of sp³-hybridized carbons (Fsp3) is 0.167. The summed E-state index contributed by atoms with van der Waals surface area (Å²) in [7, 11) is 1.60. The Morgan fingerprint density at radius 2 is 1.57 bits per heavy atom. The monoisotopic (exact) mass is 392 g/mol. The molecule has 146 valence electrons. The first-order valence-electron chi connectivity index (χ1n) is 8.20. The molecule has 3 aromatic rings. The Balaban J connectivity index is 1.78. The van der Waals surface area contributed by atoms with E-state index in [1.165, 1.54) is 24.3 Å². The van der Waals surface area contributed by atoms with Gasteiger partial charge in [-0.1, -0.05) is 18.2 Å².